The number of aryl methyl sites for hydroxylation is 1. The molecule has 0 aliphatic carbocycles. The van der Waals surface area contributed by atoms with Gasteiger partial charge in [-0.1, -0.05) is 44.5 Å². The molecule has 0 radical (unpaired) electrons. The predicted molar refractivity (Wildman–Crippen MR) is 87.1 cm³/mol. The van der Waals surface area contributed by atoms with E-state index in [2.05, 4.69) is 52.0 Å². The molecule has 21 heavy (non-hydrogen) atoms. The van der Waals surface area contributed by atoms with E-state index in [1.54, 1.807) is 0 Å². The molecule has 2 N–H and O–H groups in total. The van der Waals surface area contributed by atoms with Crippen molar-refractivity contribution in [2.24, 2.45) is 11.7 Å². The number of nitrogens with zero attached hydrogens (tertiary/aromatic N) is 1. The summed E-state index contributed by atoms with van der Waals surface area (Å²) >= 11 is 0. The van der Waals surface area contributed by atoms with Gasteiger partial charge in [0.15, 0.2) is 0 Å². The number of benzene rings is 1. The summed E-state index contributed by atoms with van der Waals surface area (Å²) in [4.78, 5) is 14.6. The Balaban J connectivity index is 2.11. The van der Waals surface area contributed by atoms with E-state index in [0.717, 1.165) is 19.4 Å². The lowest BCUT2D eigenvalue weighted by atomic mass is 9.93. The maximum atomic E-state index is 12.6. The minimum absolute atomic E-state index is 0.118. The fraction of sp³-hybridized carbons (Fsp3) is 0.611. The van der Waals surface area contributed by atoms with Gasteiger partial charge in [0.25, 0.3) is 0 Å². The van der Waals surface area contributed by atoms with Crippen LogP contribution in [0.1, 0.15) is 50.7 Å². The molecule has 2 rings (SSSR count). The van der Waals surface area contributed by atoms with Crippen LogP contribution in [0.3, 0.4) is 0 Å². The molecule has 0 spiro atoms. The number of hydrogen-bond donors (Lipinski definition) is 1. The van der Waals surface area contributed by atoms with E-state index in [1.807, 2.05) is 4.90 Å². The summed E-state index contributed by atoms with van der Waals surface area (Å²) in [5.74, 6) is 0.796. The van der Waals surface area contributed by atoms with Gasteiger partial charge in [-0.15, -0.1) is 0 Å². The van der Waals surface area contributed by atoms with E-state index in [9.17, 15) is 4.79 Å². The molecule has 1 aromatic carbocycles. The van der Waals surface area contributed by atoms with Crippen LogP contribution in [0.25, 0.3) is 0 Å². The number of carbonyl (C=O) groups excluding carboxylic acids is 1. The third-order valence-corrected chi connectivity index (χ3v) is 5.03. The SMILES string of the molecule is CCC(C)C(N)C(=O)N1CC(c2ccccc2C)CC1C. The van der Waals surface area contributed by atoms with Crippen LogP contribution in [0.2, 0.25) is 0 Å². The van der Waals surface area contributed by atoms with Gasteiger partial charge in [0.05, 0.1) is 6.04 Å². The molecule has 4 atom stereocenters. The first kappa shape index (κ1) is 16.0. The Morgan fingerprint density at radius 1 is 1.43 bits per heavy atom. The van der Waals surface area contributed by atoms with Crippen LogP contribution in [0.5, 0.6) is 0 Å². The van der Waals surface area contributed by atoms with Gasteiger partial charge in [0.2, 0.25) is 5.91 Å². The van der Waals surface area contributed by atoms with Crippen molar-refractivity contribution in [1.82, 2.24) is 4.90 Å². The van der Waals surface area contributed by atoms with Gasteiger partial charge in [0, 0.05) is 18.5 Å². The first-order valence-corrected chi connectivity index (χ1v) is 8.07. The van der Waals surface area contributed by atoms with Crippen LogP contribution < -0.4 is 5.73 Å². The minimum Gasteiger partial charge on any atom is -0.338 e. The molecule has 1 heterocycles. The highest BCUT2D eigenvalue weighted by atomic mass is 16.2. The van der Waals surface area contributed by atoms with E-state index < -0.39 is 0 Å². The molecule has 1 saturated heterocycles. The number of likely N-dealkylation sites (tertiary alicyclic amines) is 1. The van der Waals surface area contributed by atoms with Crippen LogP contribution >= 0.6 is 0 Å². The van der Waals surface area contributed by atoms with Crippen molar-refractivity contribution in [1.29, 1.82) is 0 Å². The van der Waals surface area contributed by atoms with Crippen molar-refractivity contribution in [2.75, 3.05) is 6.54 Å². The number of amides is 1. The topological polar surface area (TPSA) is 46.3 Å². The monoisotopic (exact) mass is 288 g/mol. The Morgan fingerprint density at radius 3 is 2.71 bits per heavy atom. The Morgan fingerprint density at radius 2 is 2.10 bits per heavy atom. The Hall–Kier alpha value is -1.35. The summed E-state index contributed by atoms with van der Waals surface area (Å²) in [6.45, 7) is 9.23. The molecular weight excluding hydrogens is 260 g/mol. The second kappa shape index (κ2) is 6.61. The average molecular weight is 288 g/mol. The summed E-state index contributed by atoms with van der Waals surface area (Å²) in [7, 11) is 0. The molecule has 1 amide bonds. The normalized spacial score (nSPS) is 24.9. The van der Waals surface area contributed by atoms with Gasteiger partial charge in [-0.05, 0) is 37.3 Å². The zero-order valence-electron chi connectivity index (χ0n) is 13.7. The summed E-state index contributed by atoms with van der Waals surface area (Å²) in [6, 6.07) is 8.40. The van der Waals surface area contributed by atoms with E-state index in [0.29, 0.717) is 5.92 Å². The quantitative estimate of drug-likeness (QED) is 0.925. The summed E-state index contributed by atoms with van der Waals surface area (Å²) in [6.07, 6.45) is 1.97. The van der Waals surface area contributed by atoms with Gasteiger partial charge >= 0.3 is 0 Å². The second-order valence-corrected chi connectivity index (χ2v) is 6.54. The first-order chi connectivity index (χ1) is 9.95. The first-order valence-electron chi connectivity index (χ1n) is 8.07. The number of carbonyl (C=O) groups is 1. The molecule has 3 heteroatoms. The third-order valence-electron chi connectivity index (χ3n) is 5.03. The van der Waals surface area contributed by atoms with Crippen molar-refractivity contribution in [3.63, 3.8) is 0 Å². The second-order valence-electron chi connectivity index (χ2n) is 6.54. The van der Waals surface area contributed by atoms with Crippen molar-refractivity contribution >= 4 is 5.91 Å². The van der Waals surface area contributed by atoms with Gasteiger partial charge in [0.1, 0.15) is 0 Å². The maximum Gasteiger partial charge on any atom is 0.240 e. The van der Waals surface area contributed by atoms with Crippen LogP contribution in [0.4, 0.5) is 0 Å². The van der Waals surface area contributed by atoms with Crippen LogP contribution in [0.15, 0.2) is 24.3 Å². The molecular formula is C18H28N2O. The van der Waals surface area contributed by atoms with Crippen molar-refractivity contribution in [2.45, 2.75) is 58.5 Å². The van der Waals surface area contributed by atoms with Gasteiger partial charge in [-0.25, -0.2) is 0 Å². The van der Waals surface area contributed by atoms with E-state index >= 15 is 0 Å². The minimum atomic E-state index is -0.368. The number of hydrogen-bond acceptors (Lipinski definition) is 2. The highest BCUT2D eigenvalue weighted by Crippen LogP contribution is 2.33. The standard InChI is InChI=1S/C18H28N2O/c1-5-12(2)17(19)18(21)20-11-15(10-14(20)4)16-9-7-6-8-13(16)3/h6-9,12,14-15,17H,5,10-11,19H2,1-4H3. The Labute approximate surface area is 128 Å². The number of rotatable bonds is 4. The highest BCUT2D eigenvalue weighted by molar-refractivity contribution is 5.82. The van der Waals surface area contributed by atoms with Crippen molar-refractivity contribution < 1.29 is 4.79 Å². The maximum absolute atomic E-state index is 12.6. The summed E-state index contributed by atoms with van der Waals surface area (Å²) < 4.78 is 0. The Kier molecular flexibility index (Phi) is 5.04. The molecule has 1 aliphatic rings. The predicted octanol–water partition coefficient (Wildman–Crippen LogP) is 3.07. The van der Waals surface area contributed by atoms with Gasteiger partial charge in [-0.2, -0.15) is 0 Å². The molecule has 116 valence electrons. The molecule has 1 aliphatic heterocycles. The average Bonchev–Trinajstić information content (AvgIpc) is 2.87. The molecule has 3 nitrogen and oxygen atoms in total. The van der Waals surface area contributed by atoms with Crippen molar-refractivity contribution in [3.05, 3.63) is 35.4 Å². The molecule has 0 bridgehead atoms. The zero-order chi connectivity index (χ0) is 15.6. The van der Waals surface area contributed by atoms with E-state index in [1.165, 1.54) is 11.1 Å². The molecule has 1 fully saturated rings. The van der Waals surface area contributed by atoms with Crippen LogP contribution in [-0.2, 0) is 4.79 Å². The van der Waals surface area contributed by atoms with Gasteiger partial charge in [-0.3, -0.25) is 4.79 Å². The highest BCUT2D eigenvalue weighted by Gasteiger charge is 2.36. The summed E-state index contributed by atoms with van der Waals surface area (Å²) in [5, 5.41) is 0. The lowest BCUT2D eigenvalue weighted by Crippen LogP contribution is -2.48. The largest absolute Gasteiger partial charge is 0.338 e. The van der Waals surface area contributed by atoms with Crippen LogP contribution in [-0.4, -0.2) is 29.4 Å². The van der Waals surface area contributed by atoms with Crippen LogP contribution in [0, 0.1) is 12.8 Å². The van der Waals surface area contributed by atoms with Crippen molar-refractivity contribution in [3.8, 4) is 0 Å². The smallest absolute Gasteiger partial charge is 0.240 e. The number of nitrogens with two attached hydrogens (primary N) is 1. The summed E-state index contributed by atoms with van der Waals surface area (Å²) in [5.41, 5.74) is 8.82. The van der Waals surface area contributed by atoms with E-state index in [-0.39, 0.29) is 23.9 Å². The van der Waals surface area contributed by atoms with E-state index in [4.69, 9.17) is 5.73 Å². The third kappa shape index (κ3) is 3.29. The zero-order valence-corrected chi connectivity index (χ0v) is 13.7. The molecule has 1 aromatic rings. The lowest BCUT2D eigenvalue weighted by molar-refractivity contribution is -0.134. The molecule has 0 aromatic heterocycles. The molecule has 4 unspecified atom stereocenters. The lowest BCUT2D eigenvalue weighted by Gasteiger charge is -2.27. The molecule has 0 saturated carbocycles. The fourth-order valence-corrected chi connectivity index (χ4v) is 3.30. The fourth-order valence-electron chi connectivity index (χ4n) is 3.30. The van der Waals surface area contributed by atoms with Gasteiger partial charge < -0.3 is 10.6 Å². The Bertz CT molecular complexity index is 500.